The third-order valence-corrected chi connectivity index (χ3v) is 2.94. The summed E-state index contributed by atoms with van der Waals surface area (Å²) in [6.45, 7) is 0. The molecule has 2 heterocycles. The van der Waals surface area contributed by atoms with Gasteiger partial charge in [-0.05, 0) is 6.07 Å². The number of rotatable bonds is 1. The van der Waals surface area contributed by atoms with Crippen LogP contribution in [0, 0.1) is 0 Å². The molecule has 0 atom stereocenters. The van der Waals surface area contributed by atoms with E-state index in [0.717, 1.165) is 4.90 Å². The zero-order chi connectivity index (χ0) is 10.8. The number of methoxy groups -OCH3 is 1. The predicted octanol–water partition coefficient (Wildman–Crippen LogP) is 0.912. The maximum atomic E-state index is 11.2. The Kier molecular flexibility index (Phi) is 2.59. The van der Waals surface area contributed by atoms with E-state index in [9.17, 15) is 9.59 Å². The summed E-state index contributed by atoms with van der Waals surface area (Å²) in [7, 11) is 1.29. The van der Waals surface area contributed by atoms with Crippen molar-refractivity contribution in [3.63, 3.8) is 0 Å². The van der Waals surface area contributed by atoms with Gasteiger partial charge in [-0.2, -0.15) is 0 Å². The van der Waals surface area contributed by atoms with E-state index in [1.54, 1.807) is 6.20 Å². The van der Waals surface area contributed by atoms with Crippen LogP contribution in [0.5, 0.6) is 0 Å². The van der Waals surface area contributed by atoms with Crippen LogP contribution < -0.4 is 5.32 Å². The van der Waals surface area contributed by atoms with Gasteiger partial charge in [-0.15, -0.1) is 11.8 Å². The lowest BCUT2D eigenvalue weighted by molar-refractivity contribution is -0.113. The summed E-state index contributed by atoms with van der Waals surface area (Å²) >= 11 is 1.40. The lowest BCUT2D eigenvalue weighted by Crippen LogP contribution is -2.19. The van der Waals surface area contributed by atoms with E-state index in [0.29, 0.717) is 11.4 Å². The zero-order valence-corrected chi connectivity index (χ0v) is 8.76. The molecule has 1 aliphatic heterocycles. The molecule has 1 aromatic rings. The van der Waals surface area contributed by atoms with Crippen molar-refractivity contribution in [3.8, 4) is 0 Å². The molecule has 0 fully saturated rings. The Bertz CT molecular complexity index is 433. The minimum Gasteiger partial charge on any atom is -0.464 e. The minimum absolute atomic E-state index is 0.0745. The summed E-state index contributed by atoms with van der Waals surface area (Å²) in [5, 5.41) is 2.67. The maximum absolute atomic E-state index is 11.2. The second-order valence-corrected chi connectivity index (χ2v) is 3.91. The molecule has 0 unspecified atom stereocenters. The van der Waals surface area contributed by atoms with Gasteiger partial charge in [0.2, 0.25) is 5.91 Å². The van der Waals surface area contributed by atoms with Crippen LogP contribution in [-0.4, -0.2) is 29.7 Å². The molecule has 15 heavy (non-hydrogen) atoms. The highest BCUT2D eigenvalue weighted by Crippen LogP contribution is 2.30. The minimum atomic E-state index is -0.511. The smallest absolute Gasteiger partial charge is 0.356 e. The summed E-state index contributed by atoms with van der Waals surface area (Å²) in [5.41, 5.74) is 0.811. The molecule has 1 aromatic heterocycles. The average Bonchev–Trinajstić information content (AvgIpc) is 2.27. The number of pyridine rings is 1. The molecule has 0 saturated heterocycles. The summed E-state index contributed by atoms with van der Waals surface area (Å²) in [6, 6.07) is 1.52. The first-order valence-electron chi connectivity index (χ1n) is 4.21. The number of nitrogens with zero attached hydrogens (tertiary/aromatic N) is 1. The Hall–Kier alpha value is -1.56. The van der Waals surface area contributed by atoms with E-state index >= 15 is 0 Å². The molecule has 1 amide bonds. The third kappa shape index (κ3) is 1.94. The highest BCUT2D eigenvalue weighted by molar-refractivity contribution is 8.00. The third-order valence-electron chi connectivity index (χ3n) is 1.89. The van der Waals surface area contributed by atoms with Crippen molar-refractivity contribution in [2.45, 2.75) is 4.90 Å². The van der Waals surface area contributed by atoms with Gasteiger partial charge in [0, 0.05) is 11.1 Å². The SMILES string of the molecule is COC(=O)c1cc2c(cn1)SCC(=O)N2. The molecule has 0 aliphatic carbocycles. The lowest BCUT2D eigenvalue weighted by atomic mass is 10.3. The van der Waals surface area contributed by atoms with Crippen LogP contribution in [0.25, 0.3) is 0 Å². The molecular weight excluding hydrogens is 216 g/mol. The number of fused-ring (bicyclic) bond motifs is 1. The number of anilines is 1. The first-order valence-corrected chi connectivity index (χ1v) is 5.20. The quantitative estimate of drug-likeness (QED) is 0.718. The van der Waals surface area contributed by atoms with Crippen LogP contribution in [0.15, 0.2) is 17.2 Å². The van der Waals surface area contributed by atoms with Crippen molar-refractivity contribution < 1.29 is 14.3 Å². The number of carbonyl (C=O) groups is 2. The van der Waals surface area contributed by atoms with Crippen molar-refractivity contribution >= 4 is 29.3 Å². The molecule has 5 nitrogen and oxygen atoms in total. The van der Waals surface area contributed by atoms with Crippen molar-refractivity contribution in [2.24, 2.45) is 0 Å². The van der Waals surface area contributed by atoms with Crippen molar-refractivity contribution in [2.75, 3.05) is 18.2 Å². The molecule has 2 rings (SSSR count). The Morgan fingerprint density at radius 1 is 1.67 bits per heavy atom. The number of nitrogens with one attached hydrogen (secondary N) is 1. The molecule has 0 bridgehead atoms. The number of aromatic nitrogens is 1. The number of esters is 1. The monoisotopic (exact) mass is 224 g/mol. The summed E-state index contributed by atoms with van der Waals surface area (Å²) in [4.78, 5) is 27.1. The topological polar surface area (TPSA) is 68.3 Å². The fourth-order valence-corrected chi connectivity index (χ4v) is 1.95. The van der Waals surface area contributed by atoms with Gasteiger partial charge in [0.05, 0.1) is 18.6 Å². The lowest BCUT2D eigenvalue weighted by Gasteiger charge is -2.15. The first-order chi connectivity index (χ1) is 7.20. The number of thioether (sulfide) groups is 1. The zero-order valence-electron chi connectivity index (χ0n) is 7.94. The maximum Gasteiger partial charge on any atom is 0.356 e. The van der Waals surface area contributed by atoms with E-state index in [-0.39, 0.29) is 11.6 Å². The number of hydrogen-bond donors (Lipinski definition) is 1. The van der Waals surface area contributed by atoms with Gasteiger partial charge < -0.3 is 10.1 Å². The van der Waals surface area contributed by atoms with Crippen LogP contribution >= 0.6 is 11.8 Å². The van der Waals surface area contributed by atoms with Crippen LogP contribution in [0.4, 0.5) is 5.69 Å². The number of hydrogen-bond acceptors (Lipinski definition) is 5. The summed E-state index contributed by atoms with van der Waals surface area (Å²) in [6.07, 6.45) is 1.56. The molecule has 6 heteroatoms. The summed E-state index contributed by atoms with van der Waals surface area (Å²) < 4.78 is 4.53. The molecule has 1 aliphatic rings. The van der Waals surface area contributed by atoms with Crippen LogP contribution in [0.1, 0.15) is 10.5 Å². The molecule has 1 N–H and O–H groups in total. The summed E-state index contributed by atoms with van der Waals surface area (Å²) in [5.74, 6) is -0.205. The second kappa shape index (κ2) is 3.90. The van der Waals surface area contributed by atoms with E-state index in [4.69, 9.17) is 0 Å². The van der Waals surface area contributed by atoms with E-state index in [1.807, 2.05) is 0 Å². The van der Waals surface area contributed by atoms with E-state index in [2.05, 4.69) is 15.0 Å². The van der Waals surface area contributed by atoms with Gasteiger partial charge in [0.15, 0.2) is 0 Å². The van der Waals surface area contributed by atoms with Crippen molar-refractivity contribution in [3.05, 3.63) is 18.0 Å². The van der Waals surface area contributed by atoms with Gasteiger partial charge in [0.25, 0.3) is 0 Å². The number of ether oxygens (including phenoxy) is 1. The predicted molar refractivity (Wildman–Crippen MR) is 54.9 cm³/mol. The van der Waals surface area contributed by atoms with Gasteiger partial charge in [-0.3, -0.25) is 4.79 Å². The normalized spacial score (nSPS) is 14.1. The van der Waals surface area contributed by atoms with Gasteiger partial charge >= 0.3 is 5.97 Å². The van der Waals surface area contributed by atoms with E-state index in [1.165, 1.54) is 24.9 Å². The Balaban J connectivity index is 2.36. The largest absolute Gasteiger partial charge is 0.464 e. The van der Waals surface area contributed by atoms with Crippen LogP contribution in [-0.2, 0) is 9.53 Å². The Morgan fingerprint density at radius 3 is 3.20 bits per heavy atom. The van der Waals surface area contributed by atoms with Gasteiger partial charge in [-0.25, -0.2) is 9.78 Å². The van der Waals surface area contributed by atoms with Crippen LogP contribution in [0.2, 0.25) is 0 Å². The molecule has 0 saturated carbocycles. The molecule has 0 aromatic carbocycles. The molecular formula is C9H8N2O3S. The van der Waals surface area contributed by atoms with Gasteiger partial charge in [-0.1, -0.05) is 0 Å². The Labute approximate surface area is 90.2 Å². The average molecular weight is 224 g/mol. The second-order valence-electron chi connectivity index (χ2n) is 2.89. The molecule has 0 spiro atoms. The van der Waals surface area contributed by atoms with Gasteiger partial charge in [0.1, 0.15) is 5.69 Å². The number of carbonyl (C=O) groups excluding carboxylic acids is 2. The molecule has 78 valence electrons. The van der Waals surface area contributed by atoms with E-state index < -0.39 is 5.97 Å². The fourth-order valence-electron chi connectivity index (χ4n) is 1.20. The molecule has 0 radical (unpaired) electrons. The highest BCUT2D eigenvalue weighted by Gasteiger charge is 2.18. The highest BCUT2D eigenvalue weighted by atomic mass is 32.2. The Morgan fingerprint density at radius 2 is 2.47 bits per heavy atom. The first kappa shape index (κ1) is 9.97. The van der Waals surface area contributed by atoms with Crippen LogP contribution in [0.3, 0.4) is 0 Å². The van der Waals surface area contributed by atoms with Crippen molar-refractivity contribution in [1.29, 1.82) is 0 Å². The fraction of sp³-hybridized carbons (Fsp3) is 0.222. The van der Waals surface area contributed by atoms with Crippen molar-refractivity contribution in [1.82, 2.24) is 4.98 Å². The number of amides is 1. The standard InChI is InChI=1S/C9H8N2O3S/c1-14-9(13)6-2-5-7(3-10-6)15-4-8(12)11-5/h2-3H,4H2,1H3,(H,11,12).